The van der Waals surface area contributed by atoms with Crippen LogP contribution in [0.4, 0.5) is 0 Å². The minimum absolute atomic E-state index is 0.0219. The third-order valence-electron chi connectivity index (χ3n) is 11.1. The van der Waals surface area contributed by atoms with Gasteiger partial charge < -0.3 is 23.8 Å². The topological polar surface area (TPSA) is 126 Å². The molecule has 0 bridgehead atoms. The highest BCUT2D eigenvalue weighted by Crippen LogP contribution is 2.50. The molecule has 316 valence electrons. The summed E-state index contributed by atoms with van der Waals surface area (Å²) in [6.45, 7) is 3.50. The second-order valence-electron chi connectivity index (χ2n) is 15.6. The van der Waals surface area contributed by atoms with E-state index >= 15 is 4.79 Å². The Morgan fingerprint density at radius 1 is 0.508 bits per heavy atom. The highest BCUT2D eigenvalue weighted by molar-refractivity contribution is 5.99. The van der Waals surface area contributed by atoms with Gasteiger partial charge in [-0.05, 0) is 53.0 Å². The van der Waals surface area contributed by atoms with Crippen molar-refractivity contribution < 1.29 is 42.9 Å². The number of ether oxygens (including phenoxy) is 4. The van der Waals surface area contributed by atoms with Crippen molar-refractivity contribution in [2.45, 2.75) is 65.6 Å². The maximum absolute atomic E-state index is 15.2. The van der Waals surface area contributed by atoms with Crippen molar-refractivity contribution in [3.63, 3.8) is 0 Å². The number of rotatable bonds is 20. The van der Waals surface area contributed by atoms with Crippen molar-refractivity contribution in [1.82, 2.24) is 4.90 Å². The molecule has 0 spiro atoms. The van der Waals surface area contributed by atoms with Crippen LogP contribution in [0, 0.1) is 29.6 Å². The van der Waals surface area contributed by atoms with Crippen molar-refractivity contribution in [1.29, 1.82) is 0 Å². The minimum Gasteiger partial charge on any atom is -0.462 e. The number of amides is 1. The molecule has 0 unspecified atom stereocenters. The lowest BCUT2D eigenvalue weighted by Crippen LogP contribution is -2.63. The molecular weight excluding hydrogens is 771 g/mol. The first-order valence-corrected chi connectivity index (χ1v) is 20.8. The van der Waals surface area contributed by atoms with E-state index in [0.717, 1.165) is 22.3 Å². The summed E-state index contributed by atoms with van der Waals surface area (Å²) in [5.74, 6) is -8.63. The molecule has 1 amide bonds. The molecule has 0 N–H and O–H groups in total. The summed E-state index contributed by atoms with van der Waals surface area (Å²) in [4.78, 5) is 71.7. The van der Waals surface area contributed by atoms with E-state index in [2.05, 4.69) is 0 Å². The molecule has 5 aromatic rings. The van der Waals surface area contributed by atoms with Gasteiger partial charge in [0.25, 0.3) is 0 Å². The molecular formula is C51H53NO9. The Morgan fingerprint density at radius 3 is 1.26 bits per heavy atom. The van der Waals surface area contributed by atoms with Crippen LogP contribution >= 0.6 is 0 Å². The Labute approximate surface area is 357 Å². The van der Waals surface area contributed by atoms with Gasteiger partial charge in [0.15, 0.2) is 0 Å². The average Bonchev–Trinajstić information content (AvgIpc) is 3.27. The van der Waals surface area contributed by atoms with Crippen molar-refractivity contribution in [3.8, 4) is 0 Å². The van der Waals surface area contributed by atoms with E-state index in [-0.39, 0.29) is 38.8 Å². The monoisotopic (exact) mass is 823 g/mol. The molecule has 10 heteroatoms. The molecule has 0 saturated heterocycles. The molecule has 0 heterocycles. The maximum Gasteiger partial charge on any atom is 0.311 e. The number of hydrogen-bond donors (Lipinski definition) is 0. The lowest BCUT2D eigenvalue weighted by Gasteiger charge is -2.47. The number of carbonyl (C=O) groups excluding carboxylic acids is 5. The van der Waals surface area contributed by atoms with E-state index in [1.54, 1.807) is 41.3 Å². The largest absolute Gasteiger partial charge is 0.462 e. The second kappa shape index (κ2) is 22.2. The minimum atomic E-state index is -1.35. The first kappa shape index (κ1) is 44.0. The van der Waals surface area contributed by atoms with E-state index in [1.165, 1.54) is 6.92 Å². The van der Waals surface area contributed by atoms with Gasteiger partial charge in [0.05, 0.1) is 23.7 Å². The molecule has 1 aliphatic carbocycles. The van der Waals surface area contributed by atoms with E-state index < -0.39 is 59.6 Å². The van der Waals surface area contributed by atoms with Gasteiger partial charge in [0.2, 0.25) is 5.91 Å². The van der Waals surface area contributed by atoms with Crippen LogP contribution in [0.2, 0.25) is 0 Å². The maximum atomic E-state index is 15.2. The highest BCUT2D eigenvalue weighted by Gasteiger charge is 2.65. The van der Waals surface area contributed by atoms with E-state index in [0.29, 0.717) is 24.8 Å². The van der Waals surface area contributed by atoms with Crippen molar-refractivity contribution in [2.24, 2.45) is 29.6 Å². The lowest BCUT2D eigenvalue weighted by molar-refractivity contribution is -0.198. The van der Waals surface area contributed by atoms with Crippen LogP contribution in [0.5, 0.6) is 0 Å². The van der Waals surface area contributed by atoms with Crippen LogP contribution in [-0.4, -0.2) is 47.3 Å². The summed E-state index contributed by atoms with van der Waals surface area (Å²) in [5.41, 5.74) is 4.09. The summed E-state index contributed by atoms with van der Waals surface area (Å²) in [7, 11) is 0. The summed E-state index contributed by atoms with van der Waals surface area (Å²) >= 11 is 0. The molecule has 1 aliphatic rings. The van der Waals surface area contributed by atoms with E-state index in [9.17, 15) is 19.2 Å². The summed E-state index contributed by atoms with van der Waals surface area (Å²) in [5, 5.41) is 0. The summed E-state index contributed by atoms with van der Waals surface area (Å²) in [6.07, 6.45) is 1.16. The number of hydrogen-bond acceptors (Lipinski definition) is 9. The number of benzene rings is 5. The van der Waals surface area contributed by atoms with Crippen molar-refractivity contribution in [3.05, 3.63) is 179 Å². The highest BCUT2D eigenvalue weighted by atomic mass is 16.6. The van der Waals surface area contributed by atoms with Crippen LogP contribution in [0.15, 0.2) is 152 Å². The summed E-state index contributed by atoms with van der Waals surface area (Å²) < 4.78 is 23.2. The quantitative estimate of drug-likeness (QED) is 0.0563. The van der Waals surface area contributed by atoms with Crippen molar-refractivity contribution >= 4 is 29.8 Å². The van der Waals surface area contributed by atoms with Crippen LogP contribution in [0.25, 0.3) is 0 Å². The van der Waals surface area contributed by atoms with Gasteiger partial charge in [-0.1, -0.05) is 159 Å². The first-order valence-electron chi connectivity index (χ1n) is 20.8. The SMILES string of the molecule is CC(=O)O[C@@H](CCCN(Cc1ccccc1)C(=O)[C@H]1[C@H](C(=O)OCc2ccccc2)[C@H](C(=O)OCc2ccccc2)[C@H]1C(=O)OCc1ccccc1)[C@@H](C)Cc1ccccc1. The fourth-order valence-corrected chi connectivity index (χ4v) is 7.96. The zero-order valence-corrected chi connectivity index (χ0v) is 34.7. The van der Waals surface area contributed by atoms with E-state index in [4.69, 9.17) is 18.9 Å². The molecule has 0 aromatic heterocycles. The molecule has 4 atom stereocenters. The molecule has 1 fully saturated rings. The second-order valence-corrected chi connectivity index (χ2v) is 15.6. The molecule has 0 aliphatic heterocycles. The molecule has 10 nitrogen and oxygen atoms in total. The van der Waals surface area contributed by atoms with Gasteiger partial charge >= 0.3 is 23.9 Å². The fraction of sp³-hybridized carbons (Fsp3) is 0.314. The summed E-state index contributed by atoms with van der Waals surface area (Å²) in [6, 6.07) is 46.6. The number of esters is 4. The molecule has 5 aromatic carbocycles. The zero-order valence-electron chi connectivity index (χ0n) is 34.7. The first-order chi connectivity index (χ1) is 29.7. The Bertz CT molecular complexity index is 2100. The average molecular weight is 824 g/mol. The Kier molecular flexibility index (Phi) is 16.0. The van der Waals surface area contributed by atoms with Crippen LogP contribution in [0.3, 0.4) is 0 Å². The third-order valence-corrected chi connectivity index (χ3v) is 11.1. The van der Waals surface area contributed by atoms with Gasteiger partial charge in [-0.15, -0.1) is 0 Å². The standard InChI is InChI=1S/C51H53NO9/c1-36(31-38-19-8-3-9-20-38)43(61-37(2)53)29-18-30-52(32-39-21-10-4-11-22-39)48(54)44-45(49(55)58-33-40-23-12-5-13-24-40)47(51(57)60-35-42-27-16-7-17-28-42)46(44)50(56)59-34-41-25-14-6-15-26-41/h3-17,19-28,36,43-47H,18,29-35H2,1-2H3/t36-,43-,44-,45-,46-,47-/m0/s1. The predicted molar refractivity (Wildman–Crippen MR) is 229 cm³/mol. The number of nitrogens with zero attached hydrogens (tertiary/aromatic N) is 1. The van der Waals surface area contributed by atoms with Crippen LogP contribution in [-0.2, 0) is 75.7 Å². The Morgan fingerprint density at radius 2 is 0.869 bits per heavy atom. The van der Waals surface area contributed by atoms with Crippen molar-refractivity contribution in [2.75, 3.05) is 6.54 Å². The Hall–Kier alpha value is -6.55. The Balaban J connectivity index is 1.30. The molecule has 61 heavy (non-hydrogen) atoms. The smallest absolute Gasteiger partial charge is 0.311 e. The van der Waals surface area contributed by atoms with E-state index in [1.807, 2.05) is 122 Å². The molecule has 6 rings (SSSR count). The van der Waals surface area contributed by atoms with Gasteiger partial charge in [-0.3, -0.25) is 24.0 Å². The normalized spacial score (nSPS) is 17.7. The van der Waals surface area contributed by atoms with Gasteiger partial charge in [-0.25, -0.2) is 0 Å². The van der Waals surface area contributed by atoms with Gasteiger partial charge in [0.1, 0.15) is 25.9 Å². The number of carbonyl (C=O) groups is 5. The zero-order chi connectivity index (χ0) is 43.0. The third kappa shape index (κ3) is 12.5. The molecule has 1 saturated carbocycles. The predicted octanol–water partition coefficient (Wildman–Crippen LogP) is 8.31. The lowest BCUT2D eigenvalue weighted by atomic mass is 9.55. The van der Waals surface area contributed by atoms with Crippen LogP contribution < -0.4 is 0 Å². The van der Waals surface area contributed by atoms with Crippen LogP contribution in [0.1, 0.15) is 54.5 Å². The molecule has 0 radical (unpaired) electrons. The van der Waals surface area contributed by atoms with Gasteiger partial charge in [0, 0.05) is 20.0 Å². The fourth-order valence-electron chi connectivity index (χ4n) is 7.96. The van der Waals surface area contributed by atoms with Gasteiger partial charge in [-0.2, -0.15) is 0 Å².